The Hall–Kier alpha value is -0.970. The van der Waals surface area contributed by atoms with Crippen LogP contribution < -0.4 is 5.32 Å². The van der Waals surface area contributed by atoms with Crippen LogP contribution in [0.15, 0.2) is 24.4 Å². The van der Waals surface area contributed by atoms with E-state index in [-0.39, 0.29) is 6.04 Å². The molecule has 0 saturated carbocycles. The fourth-order valence-corrected chi connectivity index (χ4v) is 1.96. The average molecular weight is 280 g/mol. The van der Waals surface area contributed by atoms with E-state index < -0.39 is 6.10 Å². The van der Waals surface area contributed by atoms with Crippen LogP contribution in [0.25, 0.3) is 0 Å². The lowest BCUT2D eigenvalue weighted by Crippen LogP contribution is -2.32. The molecule has 0 radical (unpaired) electrons. The van der Waals surface area contributed by atoms with E-state index in [0.29, 0.717) is 13.2 Å². The van der Waals surface area contributed by atoms with Crippen molar-refractivity contribution >= 4 is 0 Å². The third kappa shape index (κ3) is 7.58. The fourth-order valence-electron chi connectivity index (χ4n) is 1.96. The Balaban J connectivity index is 2.06. The minimum atomic E-state index is -0.465. The van der Waals surface area contributed by atoms with Crippen molar-refractivity contribution in [3.05, 3.63) is 30.1 Å². The molecule has 1 aromatic heterocycles. The van der Waals surface area contributed by atoms with E-state index in [4.69, 9.17) is 4.74 Å². The molecule has 0 saturated heterocycles. The van der Waals surface area contributed by atoms with Gasteiger partial charge in [-0.2, -0.15) is 0 Å². The minimum Gasteiger partial charge on any atom is -0.389 e. The number of nitrogens with one attached hydrogen (secondary N) is 1. The number of ether oxygens (including phenoxy) is 1. The summed E-state index contributed by atoms with van der Waals surface area (Å²) < 4.78 is 5.47. The molecule has 1 aromatic rings. The molecule has 0 amide bonds. The highest BCUT2D eigenvalue weighted by molar-refractivity contribution is 5.07. The lowest BCUT2D eigenvalue weighted by molar-refractivity contribution is 0.0343. The summed E-state index contributed by atoms with van der Waals surface area (Å²) in [6, 6.07) is 5.98. The highest BCUT2D eigenvalue weighted by Gasteiger charge is 2.09. The van der Waals surface area contributed by atoms with Gasteiger partial charge in [0.2, 0.25) is 0 Å². The van der Waals surface area contributed by atoms with Gasteiger partial charge in [0.05, 0.1) is 18.4 Å². The summed E-state index contributed by atoms with van der Waals surface area (Å²) in [6.45, 7) is 5.90. The molecule has 4 nitrogen and oxygen atoms in total. The smallest absolute Gasteiger partial charge is 0.0897 e. The Kier molecular flexibility index (Phi) is 9.20. The van der Waals surface area contributed by atoms with E-state index in [1.165, 1.54) is 19.3 Å². The van der Waals surface area contributed by atoms with Crippen LogP contribution in [-0.2, 0) is 4.74 Å². The van der Waals surface area contributed by atoms with Gasteiger partial charge in [0.1, 0.15) is 0 Å². The van der Waals surface area contributed by atoms with Gasteiger partial charge in [-0.3, -0.25) is 4.98 Å². The number of hydrogen-bond donors (Lipinski definition) is 2. The number of aliphatic hydroxyl groups excluding tert-OH is 1. The Morgan fingerprint density at radius 1 is 1.30 bits per heavy atom. The number of nitrogens with zero attached hydrogens (tertiary/aromatic N) is 1. The second kappa shape index (κ2) is 10.8. The summed E-state index contributed by atoms with van der Waals surface area (Å²) in [7, 11) is 0. The molecule has 1 heterocycles. The van der Waals surface area contributed by atoms with Crippen LogP contribution in [0, 0.1) is 0 Å². The number of aliphatic hydroxyl groups is 1. The average Bonchev–Trinajstić information content (AvgIpc) is 2.49. The van der Waals surface area contributed by atoms with Crippen molar-refractivity contribution in [2.75, 3.05) is 19.8 Å². The van der Waals surface area contributed by atoms with Gasteiger partial charge in [-0.15, -0.1) is 0 Å². The first kappa shape index (κ1) is 17.1. The van der Waals surface area contributed by atoms with E-state index in [2.05, 4.69) is 17.2 Å². The number of unbranched alkanes of at least 4 members (excludes halogenated alkanes) is 3. The standard InChI is InChI=1S/C16H28N2O2/c1-3-4-5-8-11-20-13-15(19)12-18-14(2)16-9-6-7-10-17-16/h6-7,9-10,14-15,18-19H,3-5,8,11-13H2,1-2H3/t14-,15?/m0/s1. The molecule has 114 valence electrons. The van der Waals surface area contributed by atoms with Crippen LogP contribution in [0.3, 0.4) is 0 Å². The van der Waals surface area contributed by atoms with E-state index in [0.717, 1.165) is 18.7 Å². The third-order valence-corrected chi connectivity index (χ3v) is 3.24. The number of pyridine rings is 1. The highest BCUT2D eigenvalue weighted by Crippen LogP contribution is 2.07. The fraction of sp³-hybridized carbons (Fsp3) is 0.688. The Morgan fingerprint density at radius 2 is 2.15 bits per heavy atom. The minimum absolute atomic E-state index is 0.135. The third-order valence-electron chi connectivity index (χ3n) is 3.24. The van der Waals surface area contributed by atoms with Crippen molar-refractivity contribution in [1.82, 2.24) is 10.3 Å². The molecule has 1 rings (SSSR count). The Labute approximate surface area is 122 Å². The van der Waals surface area contributed by atoms with E-state index in [1.54, 1.807) is 6.20 Å². The molecule has 0 aliphatic heterocycles. The van der Waals surface area contributed by atoms with Crippen LogP contribution in [0.2, 0.25) is 0 Å². The van der Waals surface area contributed by atoms with Gasteiger partial charge >= 0.3 is 0 Å². The summed E-state index contributed by atoms with van der Waals surface area (Å²) in [5.74, 6) is 0. The maximum atomic E-state index is 9.84. The van der Waals surface area contributed by atoms with Crippen LogP contribution in [-0.4, -0.2) is 36.0 Å². The Morgan fingerprint density at radius 3 is 2.85 bits per heavy atom. The number of aromatic nitrogens is 1. The normalized spacial score (nSPS) is 14.2. The number of hydrogen-bond acceptors (Lipinski definition) is 4. The predicted octanol–water partition coefficient (Wildman–Crippen LogP) is 2.69. The van der Waals surface area contributed by atoms with Crippen molar-refractivity contribution in [3.8, 4) is 0 Å². The zero-order valence-electron chi connectivity index (χ0n) is 12.7. The molecule has 2 atom stereocenters. The van der Waals surface area contributed by atoms with Crippen molar-refractivity contribution in [2.45, 2.75) is 51.7 Å². The molecule has 0 bridgehead atoms. The number of rotatable bonds is 11. The summed E-state index contributed by atoms with van der Waals surface area (Å²) in [5, 5.41) is 13.1. The lowest BCUT2D eigenvalue weighted by atomic mass is 10.2. The van der Waals surface area contributed by atoms with E-state index in [9.17, 15) is 5.11 Å². The van der Waals surface area contributed by atoms with E-state index in [1.807, 2.05) is 25.1 Å². The van der Waals surface area contributed by atoms with Gasteiger partial charge in [0.25, 0.3) is 0 Å². The first-order chi connectivity index (χ1) is 9.74. The molecule has 4 heteroatoms. The maximum absolute atomic E-state index is 9.84. The van der Waals surface area contributed by atoms with Gasteiger partial charge in [-0.05, 0) is 25.5 Å². The molecule has 2 N–H and O–H groups in total. The van der Waals surface area contributed by atoms with Gasteiger partial charge in [-0.25, -0.2) is 0 Å². The molecule has 0 aromatic carbocycles. The van der Waals surface area contributed by atoms with Gasteiger partial charge < -0.3 is 15.2 Å². The van der Waals surface area contributed by atoms with Crippen molar-refractivity contribution in [3.63, 3.8) is 0 Å². The quantitative estimate of drug-likeness (QED) is 0.612. The maximum Gasteiger partial charge on any atom is 0.0897 e. The second-order valence-electron chi connectivity index (χ2n) is 5.17. The van der Waals surface area contributed by atoms with Crippen LogP contribution >= 0.6 is 0 Å². The second-order valence-corrected chi connectivity index (χ2v) is 5.17. The topological polar surface area (TPSA) is 54.4 Å². The highest BCUT2D eigenvalue weighted by atomic mass is 16.5. The Bertz CT molecular complexity index is 333. The van der Waals surface area contributed by atoms with Gasteiger partial charge in [0.15, 0.2) is 0 Å². The summed E-state index contributed by atoms with van der Waals surface area (Å²) >= 11 is 0. The SMILES string of the molecule is CCCCCCOCC(O)CN[C@@H](C)c1ccccn1. The molecule has 0 aliphatic carbocycles. The zero-order chi connectivity index (χ0) is 14.6. The van der Waals surface area contributed by atoms with Crippen molar-refractivity contribution in [2.24, 2.45) is 0 Å². The van der Waals surface area contributed by atoms with Gasteiger partial charge in [0, 0.05) is 25.4 Å². The predicted molar refractivity (Wildman–Crippen MR) is 81.6 cm³/mol. The molecular weight excluding hydrogens is 252 g/mol. The molecule has 1 unspecified atom stereocenters. The molecule has 0 aliphatic rings. The lowest BCUT2D eigenvalue weighted by Gasteiger charge is -2.17. The largest absolute Gasteiger partial charge is 0.389 e. The molecule has 20 heavy (non-hydrogen) atoms. The molecule has 0 fully saturated rings. The van der Waals surface area contributed by atoms with Crippen molar-refractivity contribution < 1.29 is 9.84 Å². The monoisotopic (exact) mass is 280 g/mol. The first-order valence-corrected chi connectivity index (χ1v) is 7.64. The van der Waals surface area contributed by atoms with E-state index >= 15 is 0 Å². The van der Waals surface area contributed by atoms with Crippen molar-refractivity contribution in [1.29, 1.82) is 0 Å². The molecular formula is C16H28N2O2. The first-order valence-electron chi connectivity index (χ1n) is 7.64. The summed E-state index contributed by atoms with van der Waals surface area (Å²) in [4.78, 5) is 4.29. The zero-order valence-corrected chi connectivity index (χ0v) is 12.7. The van der Waals surface area contributed by atoms with Crippen LogP contribution in [0.4, 0.5) is 0 Å². The van der Waals surface area contributed by atoms with Crippen LogP contribution in [0.5, 0.6) is 0 Å². The summed E-state index contributed by atoms with van der Waals surface area (Å²) in [6.07, 6.45) is 6.10. The summed E-state index contributed by atoms with van der Waals surface area (Å²) in [5.41, 5.74) is 0.986. The van der Waals surface area contributed by atoms with Gasteiger partial charge in [-0.1, -0.05) is 32.3 Å². The molecule has 0 spiro atoms. The van der Waals surface area contributed by atoms with Crippen LogP contribution in [0.1, 0.15) is 51.3 Å².